The third kappa shape index (κ3) is 4.68. The van der Waals surface area contributed by atoms with Gasteiger partial charge in [0.1, 0.15) is 21.2 Å². The number of esters is 1. The summed E-state index contributed by atoms with van der Waals surface area (Å²) >= 11 is 1.24. The maximum absolute atomic E-state index is 12.5. The van der Waals surface area contributed by atoms with Crippen molar-refractivity contribution in [3.8, 4) is 22.6 Å². The second-order valence-corrected chi connectivity index (χ2v) is 8.17. The quantitative estimate of drug-likeness (QED) is 0.345. The summed E-state index contributed by atoms with van der Waals surface area (Å²) in [6.45, 7) is 2.05. The first kappa shape index (κ1) is 22.4. The van der Waals surface area contributed by atoms with E-state index in [2.05, 4.69) is 0 Å². The molecule has 0 bridgehead atoms. The Hall–Kier alpha value is -3.84. The zero-order chi connectivity index (χ0) is 23.4. The summed E-state index contributed by atoms with van der Waals surface area (Å²) in [5, 5.41) is 0.745. The van der Waals surface area contributed by atoms with Crippen molar-refractivity contribution in [1.82, 2.24) is 4.98 Å². The number of pyridine rings is 1. The molecule has 33 heavy (non-hydrogen) atoms. The van der Waals surface area contributed by atoms with Crippen LogP contribution >= 0.6 is 11.3 Å². The normalized spacial score (nSPS) is 11.1. The summed E-state index contributed by atoms with van der Waals surface area (Å²) < 4.78 is 15.7. The Bertz CT molecular complexity index is 1310. The maximum atomic E-state index is 12.5. The summed E-state index contributed by atoms with van der Waals surface area (Å²) in [5.41, 5.74) is 10.4. The Morgan fingerprint density at radius 2 is 1.64 bits per heavy atom. The van der Waals surface area contributed by atoms with Crippen LogP contribution in [-0.4, -0.2) is 31.8 Å². The highest BCUT2D eigenvalue weighted by Gasteiger charge is 2.21. The van der Waals surface area contributed by atoms with Crippen molar-refractivity contribution in [3.05, 3.63) is 70.7 Å². The summed E-state index contributed by atoms with van der Waals surface area (Å²) in [7, 11) is 3.27. The number of anilines is 1. The number of nitrogen functional groups attached to an aromatic ring is 1. The molecule has 0 aliphatic heterocycles. The van der Waals surface area contributed by atoms with Crippen LogP contribution in [0, 0.1) is 0 Å². The van der Waals surface area contributed by atoms with E-state index in [9.17, 15) is 4.79 Å². The van der Waals surface area contributed by atoms with Crippen molar-refractivity contribution in [2.75, 3.05) is 26.6 Å². The van der Waals surface area contributed by atoms with Gasteiger partial charge in [-0.15, -0.1) is 11.3 Å². The van der Waals surface area contributed by atoms with Crippen molar-refractivity contribution in [1.29, 1.82) is 0 Å². The monoisotopic (exact) mass is 460 g/mol. The second-order valence-electron chi connectivity index (χ2n) is 7.18. The summed E-state index contributed by atoms with van der Waals surface area (Å²) in [4.78, 5) is 18.3. The zero-order valence-electron chi connectivity index (χ0n) is 18.6. The Morgan fingerprint density at radius 1 is 1.00 bits per heavy atom. The van der Waals surface area contributed by atoms with Gasteiger partial charge in [0.25, 0.3) is 0 Å². The molecular formula is C26H24N2O4S. The highest BCUT2D eigenvalue weighted by molar-refractivity contribution is 7.21. The highest BCUT2D eigenvalue weighted by atomic mass is 32.1. The van der Waals surface area contributed by atoms with Gasteiger partial charge < -0.3 is 19.9 Å². The van der Waals surface area contributed by atoms with Crippen LogP contribution in [-0.2, 0) is 4.74 Å². The van der Waals surface area contributed by atoms with Gasteiger partial charge in [0.15, 0.2) is 0 Å². The zero-order valence-corrected chi connectivity index (χ0v) is 19.4. The number of hydrogen-bond acceptors (Lipinski definition) is 7. The molecule has 0 atom stereocenters. The maximum Gasteiger partial charge on any atom is 0.350 e. The number of carbonyl (C=O) groups excluding carboxylic acids is 1. The highest BCUT2D eigenvalue weighted by Crippen LogP contribution is 2.40. The number of benzene rings is 2. The molecule has 0 spiro atoms. The average molecular weight is 461 g/mol. The molecule has 0 aliphatic carbocycles. The molecule has 4 aromatic rings. The predicted molar refractivity (Wildman–Crippen MR) is 134 cm³/mol. The molecule has 7 heteroatoms. The van der Waals surface area contributed by atoms with E-state index < -0.39 is 5.97 Å². The van der Waals surface area contributed by atoms with Crippen LogP contribution in [0.3, 0.4) is 0 Å². The number of nitrogens with two attached hydrogens (primary N) is 1. The van der Waals surface area contributed by atoms with Gasteiger partial charge >= 0.3 is 5.97 Å². The van der Waals surface area contributed by atoms with E-state index in [1.165, 1.54) is 11.3 Å². The number of nitrogens with zero attached hydrogens (tertiary/aromatic N) is 1. The minimum Gasteiger partial charge on any atom is -0.497 e. The number of ether oxygens (including phenoxy) is 3. The third-order valence-corrected chi connectivity index (χ3v) is 6.22. The Morgan fingerprint density at radius 3 is 2.24 bits per heavy atom. The van der Waals surface area contributed by atoms with Crippen LogP contribution in [0.1, 0.15) is 27.9 Å². The van der Waals surface area contributed by atoms with Gasteiger partial charge in [0.05, 0.1) is 32.2 Å². The van der Waals surface area contributed by atoms with Gasteiger partial charge in [-0.3, -0.25) is 0 Å². The molecule has 168 valence electrons. The topological polar surface area (TPSA) is 83.7 Å². The van der Waals surface area contributed by atoms with E-state index in [1.807, 2.05) is 66.7 Å². The smallest absolute Gasteiger partial charge is 0.350 e. The first-order valence-electron chi connectivity index (χ1n) is 10.4. The van der Waals surface area contributed by atoms with Crippen LogP contribution in [0.2, 0.25) is 0 Å². The predicted octanol–water partition coefficient (Wildman–Crippen LogP) is 5.91. The molecule has 4 rings (SSSR count). The summed E-state index contributed by atoms with van der Waals surface area (Å²) in [6.07, 6.45) is 3.92. The minimum absolute atomic E-state index is 0.279. The fourth-order valence-electron chi connectivity index (χ4n) is 3.47. The lowest BCUT2D eigenvalue weighted by Crippen LogP contribution is -2.04. The molecule has 0 fully saturated rings. The van der Waals surface area contributed by atoms with Crippen molar-refractivity contribution in [3.63, 3.8) is 0 Å². The third-order valence-electron chi connectivity index (χ3n) is 5.14. The van der Waals surface area contributed by atoms with Crippen molar-refractivity contribution >= 4 is 45.4 Å². The van der Waals surface area contributed by atoms with E-state index in [0.29, 0.717) is 15.4 Å². The number of methoxy groups -OCH3 is 2. The Kier molecular flexibility index (Phi) is 6.60. The number of aromatic nitrogens is 1. The Labute approximate surface area is 196 Å². The fourth-order valence-corrected chi connectivity index (χ4v) is 4.49. The lowest BCUT2D eigenvalue weighted by molar-refractivity contribution is 0.0533. The minimum atomic E-state index is -0.436. The molecule has 2 heterocycles. The van der Waals surface area contributed by atoms with E-state index in [0.717, 1.165) is 39.3 Å². The van der Waals surface area contributed by atoms with Crippen molar-refractivity contribution in [2.45, 2.75) is 6.92 Å². The van der Waals surface area contributed by atoms with E-state index in [1.54, 1.807) is 21.1 Å². The summed E-state index contributed by atoms with van der Waals surface area (Å²) in [5.74, 6) is 1.12. The molecule has 0 unspecified atom stereocenters. The average Bonchev–Trinajstić information content (AvgIpc) is 3.19. The molecule has 2 aromatic carbocycles. The van der Waals surface area contributed by atoms with Gasteiger partial charge in [-0.25, -0.2) is 9.78 Å². The largest absolute Gasteiger partial charge is 0.497 e. The Balaban J connectivity index is 1.83. The molecule has 0 amide bonds. The number of carbonyl (C=O) groups is 1. The van der Waals surface area contributed by atoms with Crippen LogP contribution in [0.15, 0.2) is 54.6 Å². The molecule has 0 aliphatic rings. The van der Waals surface area contributed by atoms with E-state index >= 15 is 0 Å². The molecular weight excluding hydrogens is 436 g/mol. The number of rotatable bonds is 7. The van der Waals surface area contributed by atoms with Crippen LogP contribution in [0.4, 0.5) is 5.69 Å². The lowest BCUT2D eigenvalue weighted by atomic mass is 10.0. The van der Waals surface area contributed by atoms with Gasteiger partial charge in [0, 0.05) is 5.39 Å². The number of thiophene rings is 1. The van der Waals surface area contributed by atoms with Gasteiger partial charge in [-0.2, -0.15) is 0 Å². The molecule has 2 N–H and O–H groups in total. The second kappa shape index (κ2) is 9.75. The van der Waals surface area contributed by atoms with Crippen molar-refractivity contribution in [2.24, 2.45) is 0 Å². The first-order chi connectivity index (χ1) is 16.0. The van der Waals surface area contributed by atoms with E-state index in [-0.39, 0.29) is 6.61 Å². The van der Waals surface area contributed by atoms with Crippen LogP contribution in [0.25, 0.3) is 33.5 Å². The molecule has 2 aromatic heterocycles. The van der Waals surface area contributed by atoms with Crippen molar-refractivity contribution < 1.29 is 19.0 Å². The molecule has 0 saturated heterocycles. The van der Waals surface area contributed by atoms with Gasteiger partial charge in [-0.05, 0) is 60.0 Å². The van der Waals surface area contributed by atoms with E-state index in [4.69, 9.17) is 24.9 Å². The number of fused-ring (bicyclic) bond motifs is 1. The molecule has 0 saturated carbocycles. The summed E-state index contributed by atoms with van der Waals surface area (Å²) in [6, 6.07) is 17.4. The van der Waals surface area contributed by atoms with Gasteiger partial charge in [0.2, 0.25) is 0 Å². The van der Waals surface area contributed by atoms with Gasteiger partial charge in [-0.1, -0.05) is 30.3 Å². The first-order valence-corrected chi connectivity index (χ1v) is 11.2. The van der Waals surface area contributed by atoms with Crippen LogP contribution in [0.5, 0.6) is 11.5 Å². The molecule has 0 radical (unpaired) electrons. The fraction of sp³-hybridized carbons (Fsp3) is 0.154. The number of hydrogen-bond donors (Lipinski definition) is 1. The van der Waals surface area contributed by atoms with Crippen LogP contribution < -0.4 is 15.2 Å². The standard InChI is InChI=1S/C26H24N2O4S/c1-4-32-26(29)24-23(27)22-21(17-8-13-20(31-3)14-9-17)15-18(28-25(22)33-24)10-5-16-6-11-19(30-2)12-7-16/h5-15H,4,27H2,1-3H3/b10-5+. The lowest BCUT2D eigenvalue weighted by Gasteiger charge is -2.08. The molecule has 6 nitrogen and oxygen atoms in total. The SMILES string of the molecule is CCOC(=O)c1sc2nc(/C=C/c3ccc(OC)cc3)cc(-c3ccc(OC)cc3)c2c1N.